The van der Waals surface area contributed by atoms with E-state index in [0.29, 0.717) is 19.1 Å². The number of hydrogen-bond donors (Lipinski definition) is 1. The fourth-order valence-corrected chi connectivity index (χ4v) is 2.57. The molecule has 0 spiro atoms. The molecule has 1 aliphatic heterocycles. The van der Waals surface area contributed by atoms with Gasteiger partial charge in [0.15, 0.2) is 0 Å². The summed E-state index contributed by atoms with van der Waals surface area (Å²) in [6.07, 6.45) is 0.972. The van der Waals surface area contributed by atoms with Crippen molar-refractivity contribution in [2.24, 2.45) is 11.7 Å². The molecule has 1 fully saturated rings. The molecule has 0 aromatic heterocycles. The van der Waals surface area contributed by atoms with Gasteiger partial charge in [-0.3, -0.25) is 4.79 Å². The van der Waals surface area contributed by atoms with E-state index in [-0.39, 0.29) is 24.9 Å². The summed E-state index contributed by atoms with van der Waals surface area (Å²) < 4.78 is 10.7. The molecule has 1 aliphatic rings. The third kappa shape index (κ3) is 5.57. The van der Waals surface area contributed by atoms with Crippen molar-refractivity contribution in [1.29, 1.82) is 0 Å². The average molecular weight is 329 g/mol. The van der Waals surface area contributed by atoms with Crippen LogP contribution < -0.4 is 5.73 Å². The third-order valence-electron chi connectivity index (χ3n) is 3.73. The maximum absolute atomic E-state index is 12.1. The average Bonchev–Trinajstić information content (AvgIpc) is 2.96. The van der Waals surface area contributed by atoms with Crippen LogP contribution in [0.5, 0.6) is 0 Å². The van der Waals surface area contributed by atoms with Gasteiger partial charge in [0.1, 0.15) is 6.04 Å². The lowest BCUT2D eigenvalue weighted by Gasteiger charge is -2.20. The Hall–Kier alpha value is -1.14. The minimum absolute atomic E-state index is 0. The van der Waals surface area contributed by atoms with Gasteiger partial charge in [-0.15, -0.1) is 12.4 Å². The first kappa shape index (κ1) is 18.9. The maximum Gasteiger partial charge on any atom is 0.241 e. The molecule has 2 unspecified atom stereocenters. The van der Waals surface area contributed by atoms with Crippen LogP contribution in [0.25, 0.3) is 0 Å². The Morgan fingerprint density at radius 3 is 2.82 bits per heavy atom. The molecule has 1 aromatic rings. The summed E-state index contributed by atoms with van der Waals surface area (Å²) >= 11 is 0. The molecule has 0 bridgehead atoms. The second kappa shape index (κ2) is 9.79. The Bertz CT molecular complexity index is 444. The molecule has 1 heterocycles. The van der Waals surface area contributed by atoms with Crippen LogP contribution in [0.15, 0.2) is 30.3 Å². The first-order valence-corrected chi connectivity index (χ1v) is 7.35. The second-order valence-corrected chi connectivity index (χ2v) is 5.50. The Morgan fingerprint density at radius 2 is 2.14 bits per heavy atom. The number of likely N-dealkylation sites (tertiary alicyclic amines) is 1. The van der Waals surface area contributed by atoms with E-state index < -0.39 is 6.04 Å². The smallest absolute Gasteiger partial charge is 0.241 e. The van der Waals surface area contributed by atoms with E-state index in [1.807, 2.05) is 35.2 Å². The van der Waals surface area contributed by atoms with E-state index in [1.54, 1.807) is 7.11 Å². The summed E-state index contributed by atoms with van der Waals surface area (Å²) in [5.41, 5.74) is 6.95. The highest BCUT2D eigenvalue weighted by Gasteiger charge is 2.29. The van der Waals surface area contributed by atoms with Crippen LogP contribution in [-0.4, -0.2) is 50.3 Å². The van der Waals surface area contributed by atoms with E-state index in [0.717, 1.165) is 19.5 Å². The van der Waals surface area contributed by atoms with Crippen LogP contribution in [0.2, 0.25) is 0 Å². The van der Waals surface area contributed by atoms with Gasteiger partial charge < -0.3 is 20.1 Å². The zero-order chi connectivity index (χ0) is 15.1. The molecule has 0 saturated carbocycles. The SMILES string of the molecule is COCC(N)C(=O)N1CCC(COCc2ccccc2)C1.Cl. The lowest BCUT2D eigenvalue weighted by atomic mass is 10.1. The lowest BCUT2D eigenvalue weighted by Crippen LogP contribution is -2.45. The highest BCUT2D eigenvalue weighted by Crippen LogP contribution is 2.18. The van der Waals surface area contributed by atoms with E-state index in [9.17, 15) is 4.79 Å². The molecule has 0 aliphatic carbocycles. The van der Waals surface area contributed by atoms with Crippen molar-refractivity contribution in [2.75, 3.05) is 33.4 Å². The summed E-state index contributed by atoms with van der Waals surface area (Å²) in [4.78, 5) is 13.9. The van der Waals surface area contributed by atoms with Crippen molar-refractivity contribution >= 4 is 18.3 Å². The molecular formula is C16H25ClN2O3. The van der Waals surface area contributed by atoms with Crippen molar-refractivity contribution < 1.29 is 14.3 Å². The molecule has 1 saturated heterocycles. The van der Waals surface area contributed by atoms with Gasteiger partial charge in [0.25, 0.3) is 0 Å². The quantitative estimate of drug-likeness (QED) is 0.822. The van der Waals surface area contributed by atoms with Crippen LogP contribution in [-0.2, 0) is 20.9 Å². The highest BCUT2D eigenvalue weighted by atomic mass is 35.5. The van der Waals surface area contributed by atoms with Gasteiger partial charge in [0.2, 0.25) is 5.91 Å². The van der Waals surface area contributed by atoms with Crippen LogP contribution in [0.3, 0.4) is 0 Å². The minimum atomic E-state index is -0.556. The van der Waals surface area contributed by atoms with Crippen molar-refractivity contribution in [1.82, 2.24) is 4.90 Å². The highest BCUT2D eigenvalue weighted by molar-refractivity contribution is 5.85. The zero-order valence-electron chi connectivity index (χ0n) is 12.9. The van der Waals surface area contributed by atoms with Crippen molar-refractivity contribution in [3.05, 3.63) is 35.9 Å². The Kier molecular flexibility index (Phi) is 8.42. The van der Waals surface area contributed by atoms with Crippen molar-refractivity contribution in [3.63, 3.8) is 0 Å². The number of halogens is 1. The predicted octanol–water partition coefficient (Wildman–Crippen LogP) is 1.45. The molecule has 0 radical (unpaired) electrons. The number of methoxy groups -OCH3 is 1. The van der Waals surface area contributed by atoms with E-state index in [2.05, 4.69) is 0 Å². The lowest BCUT2D eigenvalue weighted by molar-refractivity contribution is -0.132. The first-order chi connectivity index (χ1) is 10.2. The molecule has 5 nitrogen and oxygen atoms in total. The number of benzene rings is 1. The molecule has 2 rings (SSSR count). The van der Waals surface area contributed by atoms with E-state index in [4.69, 9.17) is 15.2 Å². The number of amides is 1. The van der Waals surface area contributed by atoms with E-state index >= 15 is 0 Å². The van der Waals surface area contributed by atoms with Crippen molar-refractivity contribution in [2.45, 2.75) is 19.1 Å². The molecule has 6 heteroatoms. The van der Waals surface area contributed by atoms with Crippen LogP contribution in [0.4, 0.5) is 0 Å². The predicted molar refractivity (Wildman–Crippen MR) is 87.9 cm³/mol. The first-order valence-electron chi connectivity index (χ1n) is 7.35. The van der Waals surface area contributed by atoms with Gasteiger partial charge in [-0.2, -0.15) is 0 Å². The largest absolute Gasteiger partial charge is 0.383 e. The second-order valence-electron chi connectivity index (χ2n) is 5.50. The monoisotopic (exact) mass is 328 g/mol. The minimum Gasteiger partial charge on any atom is -0.383 e. The molecule has 1 aromatic carbocycles. The zero-order valence-corrected chi connectivity index (χ0v) is 13.8. The third-order valence-corrected chi connectivity index (χ3v) is 3.73. The number of ether oxygens (including phenoxy) is 2. The normalized spacial score (nSPS) is 18.8. The summed E-state index contributed by atoms with van der Waals surface area (Å²) in [5.74, 6) is 0.370. The number of hydrogen-bond acceptors (Lipinski definition) is 4. The van der Waals surface area contributed by atoms with Gasteiger partial charge in [-0.05, 0) is 12.0 Å². The molecule has 2 atom stereocenters. The van der Waals surface area contributed by atoms with Gasteiger partial charge >= 0.3 is 0 Å². The van der Waals surface area contributed by atoms with Gasteiger partial charge in [0, 0.05) is 26.1 Å². The Labute approximate surface area is 138 Å². The van der Waals surface area contributed by atoms with Crippen molar-refractivity contribution in [3.8, 4) is 0 Å². The maximum atomic E-state index is 12.1. The Balaban J connectivity index is 0.00000242. The van der Waals surface area contributed by atoms with Gasteiger partial charge in [0.05, 0.1) is 19.8 Å². The topological polar surface area (TPSA) is 64.8 Å². The summed E-state index contributed by atoms with van der Waals surface area (Å²) in [6, 6.07) is 9.55. The van der Waals surface area contributed by atoms with Crippen LogP contribution >= 0.6 is 12.4 Å². The molecular weight excluding hydrogens is 304 g/mol. The van der Waals surface area contributed by atoms with Gasteiger partial charge in [-0.25, -0.2) is 0 Å². The summed E-state index contributed by atoms with van der Waals surface area (Å²) in [6.45, 7) is 3.05. The summed E-state index contributed by atoms with van der Waals surface area (Å²) in [7, 11) is 1.55. The summed E-state index contributed by atoms with van der Waals surface area (Å²) in [5, 5.41) is 0. The van der Waals surface area contributed by atoms with E-state index in [1.165, 1.54) is 5.56 Å². The molecule has 124 valence electrons. The number of nitrogens with zero attached hydrogens (tertiary/aromatic N) is 1. The van der Waals surface area contributed by atoms with Crippen LogP contribution in [0, 0.1) is 5.92 Å². The molecule has 22 heavy (non-hydrogen) atoms. The van der Waals surface area contributed by atoms with Crippen LogP contribution in [0.1, 0.15) is 12.0 Å². The molecule has 2 N–H and O–H groups in total. The standard InChI is InChI=1S/C16H24N2O3.ClH/c1-20-12-15(17)16(19)18-8-7-14(9-18)11-21-10-13-5-3-2-4-6-13;/h2-6,14-15H,7-12,17H2,1H3;1H. The number of rotatable bonds is 7. The number of nitrogens with two attached hydrogens (primary N) is 1. The Morgan fingerprint density at radius 1 is 1.41 bits per heavy atom. The fourth-order valence-electron chi connectivity index (χ4n) is 2.57. The fraction of sp³-hybridized carbons (Fsp3) is 0.562. The molecule has 1 amide bonds. The number of carbonyl (C=O) groups excluding carboxylic acids is 1. The van der Waals surface area contributed by atoms with Gasteiger partial charge in [-0.1, -0.05) is 30.3 Å². The number of carbonyl (C=O) groups is 1.